The van der Waals surface area contributed by atoms with Crippen molar-refractivity contribution in [1.82, 2.24) is 24.1 Å². The van der Waals surface area contributed by atoms with Crippen LogP contribution in [0.25, 0.3) is 0 Å². The van der Waals surface area contributed by atoms with Gasteiger partial charge in [0, 0.05) is 44.4 Å². The van der Waals surface area contributed by atoms with Gasteiger partial charge in [-0.1, -0.05) is 0 Å². The number of aromatic amines is 1. The van der Waals surface area contributed by atoms with E-state index in [0.29, 0.717) is 38.3 Å². The molecule has 1 aliphatic heterocycles. The third-order valence-electron chi connectivity index (χ3n) is 4.96. The summed E-state index contributed by atoms with van der Waals surface area (Å²) in [6.45, 7) is 1.26. The van der Waals surface area contributed by atoms with Crippen LogP contribution in [0, 0.1) is 5.82 Å². The van der Waals surface area contributed by atoms with Gasteiger partial charge in [-0.05, 0) is 36.8 Å². The van der Waals surface area contributed by atoms with Crippen molar-refractivity contribution in [2.45, 2.75) is 23.8 Å². The smallest absolute Gasteiger partial charge is 0.262 e. The summed E-state index contributed by atoms with van der Waals surface area (Å²) in [7, 11) is -1.84. The predicted molar refractivity (Wildman–Crippen MR) is 104 cm³/mol. The van der Waals surface area contributed by atoms with Crippen LogP contribution in [-0.2, 0) is 23.5 Å². The fourth-order valence-electron chi connectivity index (χ4n) is 3.37. The molecule has 0 amide bonds. The van der Waals surface area contributed by atoms with Crippen LogP contribution in [0.1, 0.15) is 23.7 Å². The molecule has 3 aromatic rings. The Morgan fingerprint density at radius 2 is 2.10 bits per heavy atom. The molecule has 0 radical (unpaired) electrons. The van der Waals surface area contributed by atoms with Gasteiger partial charge in [-0.25, -0.2) is 17.8 Å². The Morgan fingerprint density at radius 1 is 1.31 bits per heavy atom. The fraction of sp³-hybridized carbons (Fsp3) is 0.368. The monoisotopic (exact) mass is 419 g/mol. The van der Waals surface area contributed by atoms with Gasteiger partial charge in [0.25, 0.3) is 10.0 Å². The van der Waals surface area contributed by atoms with E-state index in [1.807, 2.05) is 6.07 Å². The Labute approximate surface area is 168 Å². The van der Waals surface area contributed by atoms with Crippen LogP contribution >= 0.6 is 0 Å². The molecule has 0 spiro atoms. The minimum atomic E-state index is -3.58. The summed E-state index contributed by atoms with van der Waals surface area (Å²) in [6, 6.07) is 7.84. The molecule has 0 aliphatic carbocycles. The Balaban J connectivity index is 1.33. The summed E-state index contributed by atoms with van der Waals surface area (Å²) < 4.78 is 47.0. The average molecular weight is 419 g/mol. The van der Waals surface area contributed by atoms with E-state index < -0.39 is 10.0 Å². The first-order valence-electron chi connectivity index (χ1n) is 9.32. The number of nitrogens with zero attached hydrogens (tertiary/aromatic N) is 4. The van der Waals surface area contributed by atoms with Gasteiger partial charge in [0.05, 0.1) is 18.6 Å². The molecule has 1 aliphatic rings. The maximum absolute atomic E-state index is 12.9. The molecule has 1 N–H and O–H groups in total. The third-order valence-corrected chi connectivity index (χ3v) is 6.71. The maximum Gasteiger partial charge on any atom is 0.262 e. The zero-order chi connectivity index (χ0) is 20.4. The molecule has 0 bridgehead atoms. The van der Waals surface area contributed by atoms with Crippen molar-refractivity contribution in [3.63, 3.8) is 0 Å². The van der Waals surface area contributed by atoms with Crippen molar-refractivity contribution in [3.05, 3.63) is 60.1 Å². The average Bonchev–Trinajstić information content (AvgIpc) is 3.43. The second kappa shape index (κ2) is 7.96. The highest BCUT2D eigenvalue weighted by molar-refractivity contribution is 7.89. The summed E-state index contributed by atoms with van der Waals surface area (Å²) in [5.41, 5.74) is 1.76. The second-order valence-corrected chi connectivity index (χ2v) is 8.98. The fourth-order valence-corrected chi connectivity index (χ4v) is 4.83. The molecule has 1 atom stereocenters. The number of hydrogen-bond acceptors (Lipinski definition) is 5. The number of ether oxygens (including phenoxy) is 1. The molecule has 10 heteroatoms. The van der Waals surface area contributed by atoms with Crippen LogP contribution in [0.4, 0.5) is 4.39 Å². The van der Waals surface area contributed by atoms with Gasteiger partial charge < -0.3 is 9.30 Å². The lowest BCUT2D eigenvalue weighted by Crippen LogP contribution is -2.29. The topological polar surface area (TPSA) is 93.1 Å². The molecule has 8 nitrogen and oxygen atoms in total. The zero-order valence-corrected chi connectivity index (χ0v) is 16.8. The first kappa shape index (κ1) is 19.6. The molecule has 1 fully saturated rings. The van der Waals surface area contributed by atoms with Gasteiger partial charge >= 0.3 is 0 Å². The molecule has 154 valence electrons. The number of aryl methyl sites for hydroxylation is 1. The minimum absolute atomic E-state index is 0.0384. The molecule has 4 rings (SSSR count). The summed E-state index contributed by atoms with van der Waals surface area (Å²) in [6.07, 6.45) is 4.32. The lowest BCUT2D eigenvalue weighted by molar-refractivity contribution is 0.320. The molecular weight excluding hydrogens is 397 g/mol. The predicted octanol–water partition coefficient (Wildman–Crippen LogP) is 2.08. The van der Waals surface area contributed by atoms with Crippen LogP contribution in [0.2, 0.25) is 0 Å². The number of sulfonamides is 1. The highest BCUT2D eigenvalue weighted by Gasteiger charge is 2.35. The van der Waals surface area contributed by atoms with E-state index >= 15 is 0 Å². The van der Waals surface area contributed by atoms with Gasteiger partial charge in [-0.3, -0.25) is 5.10 Å². The largest absolute Gasteiger partial charge is 0.493 e. The standard InChI is InChI=1S/C19H22FN5O3S/c1-24-12-19(21-13-24)29(26,27)25-8-6-14(11-25)18-10-16(22-23-18)7-9-28-17-4-2-15(20)3-5-17/h2-5,10,12-14H,6-9,11H2,1H3,(H,22,23)/t14-/m1/s1. The first-order chi connectivity index (χ1) is 13.9. The van der Waals surface area contributed by atoms with Gasteiger partial charge in [0.2, 0.25) is 0 Å². The highest BCUT2D eigenvalue weighted by atomic mass is 32.2. The van der Waals surface area contributed by atoms with Gasteiger partial charge in [-0.2, -0.15) is 9.40 Å². The Kier molecular flexibility index (Phi) is 5.37. The first-order valence-corrected chi connectivity index (χ1v) is 10.8. The number of halogens is 1. The number of benzene rings is 1. The molecule has 29 heavy (non-hydrogen) atoms. The van der Waals surface area contributed by atoms with E-state index in [2.05, 4.69) is 15.2 Å². The van der Waals surface area contributed by atoms with E-state index in [0.717, 1.165) is 11.4 Å². The summed E-state index contributed by atoms with van der Waals surface area (Å²) in [4.78, 5) is 3.97. The van der Waals surface area contributed by atoms with E-state index in [-0.39, 0.29) is 16.8 Å². The second-order valence-electron chi connectivity index (χ2n) is 7.10. The van der Waals surface area contributed by atoms with E-state index in [1.165, 1.54) is 29.0 Å². The van der Waals surface area contributed by atoms with Gasteiger partial charge in [0.15, 0.2) is 5.03 Å². The lowest BCUT2D eigenvalue weighted by Gasteiger charge is -2.14. The van der Waals surface area contributed by atoms with Crippen molar-refractivity contribution in [3.8, 4) is 5.75 Å². The van der Waals surface area contributed by atoms with Crippen LogP contribution in [0.5, 0.6) is 5.75 Å². The number of hydrogen-bond donors (Lipinski definition) is 1. The summed E-state index contributed by atoms with van der Waals surface area (Å²) >= 11 is 0. The quantitative estimate of drug-likeness (QED) is 0.633. The SMILES string of the molecule is Cn1cnc(S(=O)(=O)N2CC[C@@H](c3cc(CCOc4ccc(F)cc4)[nH]n3)C2)c1. The van der Waals surface area contributed by atoms with E-state index in [1.54, 1.807) is 23.7 Å². The number of aromatic nitrogens is 4. The molecular formula is C19H22FN5O3S. The van der Waals surface area contributed by atoms with Crippen LogP contribution < -0.4 is 4.74 Å². The number of imidazole rings is 1. The zero-order valence-electron chi connectivity index (χ0n) is 16.0. The van der Waals surface area contributed by atoms with Gasteiger partial charge in [-0.15, -0.1) is 0 Å². The van der Waals surface area contributed by atoms with Crippen LogP contribution in [0.3, 0.4) is 0 Å². The molecule has 1 aromatic carbocycles. The maximum atomic E-state index is 12.9. The molecule has 3 heterocycles. The van der Waals surface area contributed by atoms with Gasteiger partial charge in [0.1, 0.15) is 11.6 Å². The van der Waals surface area contributed by atoms with Crippen molar-refractivity contribution in [2.75, 3.05) is 19.7 Å². The third kappa shape index (κ3) is 4.33. The number of H-pyrrole nitrogens is 1. The van der Waals surface area contributed by atoms with Crippen molar-refractivity contribution >= 4 is 10.0 Å². The van der Waals surface area contributed by atoms with Crippen molar-refractivity contribution in [2.24, 2.45) is 7.05 Å². The van der Waals surface area contributed by atoms with Crippen molar-refractivity contribution in [1.29, 1.82) is 0 Å². The molecule has 0 saturated carbocycles. The van der Waals surface area contributed by atoms with E-state index in [4.69, 9.17) is 4.74 Å². The Bertz CT molecular complexity index is 1080. The van der Waals surface area contributed by atoms with Crippen molar-refractivity contribution < 1.29 is 17.5 Å². The molecule has 1 saturated heterocycles. The van der Waals surface area contributed by atoms with Crippen LogP contribution in [-0.4, -0.2) is 52.2 Å². The number of nitrogens with one attached hydrogen (secondary N) is 1. The Hall–Kier alpha value is -2.72. The molecule has 2 aromatic heterocycles. The highest BCUT2D eigenvalue weighted by Crippen LogP contribution is 2.30. The summed E-state index contributed by atoms with van der Waals surface area (Å²) in [5, 5.41) is 7.42. The molecule has 0 unspecified atom stereocenters. The van der Waals surface area contributed by atoms with E-state index in [9.17, 15) is 12.8 Å². The minimum Gasteiger partial charge on any atom is -0.493 e. The lowest BCUT2D eigenvalue weighted by atomic mass is 10.0. The van der Waals surface area contributed by atoms with Crippen LogP contribution in [0.15, 0.2) is 47.9 Å². The number of rotatable bonds is 7. The Morgan fingerprint density at radius 3 is 2.83 bits per heavy atom. The normalized spacial score (nSPS) is 17.7. The summed E-state index contributed by atoms with van der Waals surface area (Å²) in [5.74, 6) is 0.347.